The molecule has 3 N–H and O–H groups in total. The van der Waals surface area contributed by atoms with Crippen molar-refractivity contribution in [1.82, 2.24) is 10.6 Å². The molecule has 2 unspecified atom stereocenters. The molecule has 1 aliphatic heterocycles. The largest absolute Gasteiger partial charge is 0.391 e. The second-order valence-electron chi connectivity index (χ2n) is 5.83. The molecule has 7 heteroatoms. The topological polar surface area (TPSA) is 61.4 Å². The van der Waals surface area contributed by atoms with Gasteiger partial charge in [-0.05, 0) is 36.2 Å². The van der Waals surface area contributed by atoms with Crippen LogP contribution in [0.2, 0.25) is 5.02 Å². The van der Waals surface area contributed by atoms with E-state index in [1.807, 2.05) is 37.3 Å². The Morgan fingerprint density at radius 3 is 2.88 bits per heavy atom. The van der Waals surface area contributed by atoms with Crippen molar-refractivity contribution < 1.29 is 9.90 Å². The second-order valence-corrected chi connectivity index (χ2v) is 7.32. The summed E-state index contributed by atoms with van der Waals surface area (Å²) in [5.41, 5.74) is 2.08. The fourth-order valence-electron chi connectivity index (χ4n) is 2.75. The molecule has 1 aromatic carbocycles. The highest BCUT2D eigenvalue weighted by Gasteiger charge is 2.25. The van der Waals surface area contributed by atoms with Gasteiger partial charge in [-0.2, -0.15) is 0 Å². The number of carbonyl (C=O) groups is 1. The number of thiophene rings is 1. The molecule has 2 heterocycles. The molecule has 1 saturated heterocycles. The third kappa shape index (κ3) is 4.29. The van der Waals surface area contributed by atoms with Gasteiger partial charge in [-0.25, -0.2) is 0 Å². The molecule has 2 aromatic rings. The van der Waals surface area contributed by atoms with Crippen molar-refractivity contribution >= 4 is 41.3 Å². The van der Waals surface area contributed by atoms with E-state index in [-0.39, 0.29) is 30.3 Å². The lowest BCUT2D eigenvalue weighted by molar-refractivity contribution is 0.0931. The van der Waals surface area contributed by atoms with E-state index in [0.717, 1.165) is 22.5 Å². The number of amides is 1. The summed E-state index contributed by atoms with van der Waals surface area (Å²) in [6.45, 7) is 3.81. The molecule has 3 rings (SSSR count). The minimum atomic E-state index is -0.387. The third-order valence-electron chi connectivity index (χ3n) is 4.06. The molecule has 1 amide bonds. The van der Waals surface area contributed by atoms with Crippen molar-refractivity contribution in [3.63, 3.8) is 0 Å². The average Bonchev–Trinajstić information content (AvgIpc) is 3.11. The molecule has 0 aliphatic carbocycles. The van der Waals surface area contributed by atoms with Gasteiger partial charge < -0.3 is 15.7 Å². The van der Waals surface area contributed by atoms with E-state index in [4.69, 9.17) is 11.6 Å². The molecular formula is C17H20Cl2N2O2S. The Balaban J connectivity index is 0.00000208. The quantitative estimate of drug-likeness (QED) is 0.756. The highest BCUT2D eigenvalue weighted by Crippen LogP contribution is 2.33. The normalized spacial score (nSPS) is 19.8. The smallest absolute Gasteiger partial charge is 0.261 e. The van der Waals surface area contributed by atoms with Gasteiger partial charge in [0.05, 0.1) is 11.0 Å². The van der Waals surface area contributed by atoms with Gasteiger partial charge in [0, 0.05) is 35.5 Å². The van der Waals surface area contributed by atoms with Gasteiger partial charge >= 0.3 is 0 Å². The minimum absolute atomic E-state index is 0. The SMILES string of the molecule is Cc1cc(C(=O)NCC2CNCC2O)sc1-c1cccc(Cl)c1.Cl. The van der Waals surface area contributed by atoms with Crippen molar-refractivity contribution in [2.75, 3.05) is 19.6 Å². The first kappa shape index (κ1) is 19.2. The van der Waals surface area contributed by atoms with Crippen LogP contribution in [-0.2, 0) is 0 Å². The first-order valence-electron chi connectivity index (χ1n) is 7.58. The molecule has 4 nitrogen and oxygen atoms in total. The van der Waals surface area contributed by atoms with Crippen LogP contribution < -0.4 is 10.6 Å². The number of halogens is 2. The number of β-amino-alcohol motifs (C(OH)–C–C–N with tert-alkyl or cyclic N) is 1. The number of carbonyl (C=O) groups excluding carboxylic acids is 1. The Labute approximate surface area is 156 Å². The molecule has 130 valence electrons. The fourth-order valence-corrected chi connectivity index (χ4v) is 4.02. The lowest BCUT2D eigenvalue weighted by Crippen LogP contribution is -2.34. The standard InChI is InChI=1S/C17H19ClN2O2S.ClH/c1-10-5-15(17(22)20-8-12-7-19-9-14(12)21)23-16(10)11-3-2-4-13(18)6-11;/h2-6,12,14,19,21H,7-9H2,1H3,(H,20,22);1H. The van der Waals surface area contributed by atoms with E-state index in [1.165, 1.54) is 11.3 Å². The number of benzene rings is 1. The molecule has 1 fully saturated rings. The number of aliphatic hydroxyl groups excluding tert-OH is 1. The summed E-state index contributed by atoms with van der Waals surface area (Å²) >= 11 is 7.51. The van der Waals surface area contributed by atoms with Crippen LogP contribution >= 0.6 is 35.3 Å². The number of rotatable bonds is 4. The fraction of sp³-hybridized carbons (Fsp3) is 0.353. The van der Waals surface area contributed by atoms with Crippen LogP contribution in [0.15, 0.2) is 30.3 Å². The summed E-state index contributed by atoms with van der Waals surface area (Å²) in [5.74, 6) is -0.0158. The molecule has 0 radical (unpaired) electrons. The highest BCUT2D eigenvalue weighted by atomic mass is 35.5. The first-order chi connectivity index (χ1) is 11.0. The van der Waals surface area contributed by atoms with Crippen molar-refractivity contribution in [1.29, 1.82) is 0 Å². The van der Waals surface area contributed by atoms with Crippen LogP contribution in [0.1, 0.15) is 15.2 Å². The van der Waals surface area contributed by atoms with E-state index in [9.17, 15) is 9.90 Å². The second kappa shape index (κ2) is 8.32. The van der Waals surface area contributed by atoms with Crippen LogP contribution in [-0.4, -0.2) is 36.8 Å². The zero-order valence-corrected chi connectivity index (χ0v) is 15.6. The zero-order valence-electron chi connectivity index (χ0n) is 13.2. The van der Waals surface area contributed by atoms with E-state index in [2.05, 4.69) is 10.6 Å². The predicted octanol–water partition coefficient (Wildman–Crippen LogP) is 3.11. The summed E-state index contributed by atoms with van der Waals surface area (Å²) in [7, 11) is 0. The maximum atomic E-state index is 12.3. The summed E-state index contributed by atoms with van der Waals surface area (Å²) in [6, 6.07) is 9.54. The molecule has 0 saturated carbocycles. The van der Waals surface area contributed by atoms with Gasteiger partial charge in [-0.15, -0.1) is 23.7 Å². The van der Waals surface area contributed by atoms with Crippen molar-refractivity contribution in [3.8, 4) is 10.4 Å². The summed E-state index contributed by atoms with van der Waals surface area (Å²) in [5, 5.41) is 16.5. The molecule has 24 heavy (non-hydrogen) atoms. The van der Waals surface area contributed by atoms with Gasteiger partial charge in [0.25, 0.3) is 5.91 Å². The van der Waals surface area contributed by atoms with Crippen molar-refractivity contribution in [2.24, 2.45) is 5.92 Å². The van der Waals surface area contributed by atoms with Crippen LogP contribution in [0.3, 0.4) is 0 Å². The molecule has 1 aliphatic rings. The Hall–Kier alpha value is -1.11. The molecule has 1 aromatic heterocycles. The predicted molar refractivity (Wildman–Crippen MR) is 101 cm³/mol. The van der Waals surface area contributed by atoms with Gasteiger partial charge in [0.15, 0.2) is 0 Å². The number of aliphatic hydroxyl groups is 1. The van der Waals surface area contributed by atoms with Crippen LogP contribution in [0.5, 0.6) is 0 Å². The minimum Gasteiger partial charge on any atom is -0.391 e. The van der Waals surface area contributed by atoms with Gasteiger partial charge in [-0.1, -0.05) is 23.7 Å². The average molecular weight is 387 g/mol. The maximum Gasteiger partial charge on any atom is 0.261 e. The van der Waals surface area contributed by atoms with E-state index in [1.54, 1.807) is 0 Å². The molecule has 0 spiro atoms. The van der Waals surface area contributed by atoms with E-state index < -0.39 is 0 Å². The lowest BCUT2D eigenvalue weighted by atomic mass is 10.1. The third-order valence-corrected chi connectivity index (χ3v) is 5.58. The number of hydrogen-bond acceptors (Lipinski definition) is 4. The Bertz CT molecular complexity index is 720. The number of nitrogens with one attached hydrogen (secondary N) is 2. The Kier molecular flexibility index (Phi) is 6.66. The Morgan fingerprint density at radius 2 is 2.21 bits per heavy atom. The maximum absolute atomic E-state index is 12.3. The van der Waals surface area contributed by atoms with Crippen LogP contribution in [0.4, 0.5) is 0 Å². The van der Waals surface area contributed by atoms with E-state index in [0.29, 0.717) is 23.0 Å². The van der Waals surface area contributed by atoms with Crippen molar-refractivity contribution in [2.45, 2.75) is 13.0 Å². The molecule has 0 bridgehead atoms. The van der Waals surface area contributed by atoms with Gasteiger partial charge in [0.2, 0.25) is 0 Å². The van der Waals surface area contributed by atoms with E-state index >= 15 is 0 Å². The highest BCUT2D eigenvalue weighted by molar-refractivity contribution is 7.17. The van der Waals surface area contributed by atoms with Crippen LogP contribution in [0.25, 0.3) is 10.4 Å². The zero-order chi connectivity index (χ0) is 16.4. The summed E-state index contributed by atoms with van der Waals surface area (Å²) in [4.78, 5) is 14.1. The molecule has 2 atom stereocenters. The monoisotopic (exact) mass is 386 g/mol. The summed E-state index contributed by atoms with van der Waals surface area (Å²) < 4.78 is 0. The lowest BCUT2D eigenvalue weighted by Gasteiger charge is -2.13. The molecular weight excluding hydrogens is 367 g/mol. The summed E-state index contributed by atoms with van der Waals surface area (Å²) in [6.07, 6.45) is -0.387. The first-order valence-corrected chi connectivity index (χ1v) is 8.77. The Morgan fingerprint density at radius 1 is 1.42 bits per heavy atom. The van der Waals surface area contributed by atoms with Crippen LogP contribution in [0, 0.1) is 12.8 Å². The number of aryl methyl sites for hydroxylation is 1. The van der Waals surface area contributed by atoms with Gasteiger partial charge in [0.1, 0.15) is 0 Å². The van der Waals surface area contributed by atoms with Crippen molar-refractivity contribution in [3.05, 3.63) is 45.8 Å². The van der Waals surface area contributed by atoms with Gasteiger partial charge in [-0.3, -0.25) is 4.79 Å². The number of hydrogen-bond donors (Lipinski definition) is 3.